The molecule has 2 aliphatic heterocycles. The van der Waals surface area contributed by atoms with Crippen molar-refractivity contribution >= 4 is 50.9 Å². The molecule has 1 amide bonds. The molecule has 0 saturated carbocycles. The van der Waals surface area contributed by atoms with Crippen molar-refractivity contribution < 1.29 is 23.9 Å². The minimum Gasteiger partial charge on any atom is -0.462 e. The number of para-hydroxylation sites is 1. The van der Waals surface area contributed by atoms with Gasteiger partial charge in [-0.2, -0.15) is 0 Å². The SMILES string of the molecule is CCOC(=O)C1=C(C(=O)OCC)C2(C(=Nc3ccc(Br)cc3)c3ccccc3N2C)N(C(C)(C)C)C1=O. The molecule has 2 aliphatic rings. The summed E-state index contributed by atoms with van der Waals surface area (Å²) in [5, 5.41) is 0. The van der Waals surface area contributed by atoms with E-state index in [1.54, 1.807) is 25.8 Å². The van der Waals surface area contributed by atoms with Gasteiger partial charge in [-0.05, 0) is 65.0 Å². The zero-order chi connectivity index (χ0) is 27.1. The molecule has 0 aliphatic carbocycles. The lowest BCUT2D eigenvalue weighted by atomic mass is 9.88. The Kier molecular flexibility index (Phi) is 7.03. The van der Waals surface area contributed by atoms with Gasteiger partial charge in [0.2, 0.25) is 0 Å². The molecule has 2 aromatic carbocycles. The quantitative estimate of drug-likeness (QED) is 0.381. The molecule has 37 heavy (non-hydrogen) atoms. The van der Waals surface area contributed by atoms with Crippen molar-refractivity contribution in [3.63, 3.8) is 0 Å². The van der Waals surface area contributed by atoms with Gasteiger partial charge in [-0.15, -0.1) is 0 Å². The van der Waals surface area contributed by atoms with Gasteiger partial charge in [-0.3, -0.25) is 4.79 Å². The first-order chi connectivity index (χ1) is 17.5. The van der Waals surface area contributed by atoms with Crippen LogP contribution in [0.4, 0.5) is 11.4 Å². The number of nitrogens with zero attached hydrogens (tertiary/aromatic N) is 3. The Morgan fingerprint density at radius 1 is 0.973 bits per heavy atom. The van der Waals surface area contributed by atoms with Gasteiger partial charge in [0.1, 0.15) is 16.9 Å². The Morgan fingerprint density at radius 2 is 1.57 bits per heavy atom. The Hall–Kier alpha value is -3.46. The zero-order valence-corrected chi connectivity index (χ0v) is 23.4. The maximum atomic E-state index is 14.2. The summed E-state index contributed by atoms with van der Waals surface area (Å²) in [5.74, 6) is -2.25. The van der Waals surface area contributed by atoms with E-state index >= 15 is 0 Å². The summed E-state index contributed by atoms with van der Waals surface area (Å²) in [4.78, 5) is 49.6. The van der Waals surface area contributed by atoms with E-state index in [-0.39, 0.29) is 24.4 Å². The monoisotopic (exact) mass is 567 g/mol. The molecular weight excluding hydrogens is 538 g/mol. The molecule has 4 rings (SSSR count). The minimum absolute atomic E-state index is 0.0458. The highest BCUT2D eigenvalue weighted by atomic mass is 79.9. The molecule has 0 N–H and O–H groups in total. The number of hydrogen-bond acceptors (Lipinski definition) is 7. The van der Waals surface area contributed by atoms with Crippen LogP contribution < -0.4 is 4.90 Å². The highest BCUT2D eigenvalue weighted by Gasteiger charge is 2.67. The summed E-state index contributed by atoms with van der Waals surface area (Å²) in [6, 6.07) is 15.0. The number of esters is 2. The third-order valence-electron chi connectivity index (χ3n) is 6.37. The lowest BCUT2D eigenvalue weighted by Crippen LogP contribution is -2.67. The van der Waals surface area contributed by atoms with E-state index in [0.717, 1.165) is 15.7 Å². The van der Waals surface area contributed by atoms with Crippen molar-refractivity contribution in [3.8, 4) is 0 Å². The Morgan fingerprint density at radius 3 is 2.16 bits per heavy atom. The van der Waals surface area contributed by atoms with E-state index in [2.05, 4.69) is 15.9 Å². The summed E-state index contributed by atoms with van der Waals surface area (Å²) < 4.78 is 11.6. The standard InChI is InChI=1S/C28H30BrN3O5/c1-7-36-25(34)21-22(26(35)37-8-2)28(32(24(21)33)27(3,4)5)23(30-18-15-13-17(29)14-16-18)19-11-9-10-12-20(19)31(28)6/h9-16H,7-8H2,1-6H3. The van der Waals surface area contributed by atoms with E-state index in [4.69, 9.17) is 14.5 Å². The van der Waals surface area contributed by atoms with Crippen molar-refractivity contribution in [3.05, 3.63) is 69.7 Å². The summed E-state index contributed by atoms with van der Waals surface area (Å²) in [5.41, 5.74) is -0.259. The van der Waals surface area contributed by atoms with E-state index in [9.17, 15) is 14.4 Å². The molecule has 0 aromatic heterocycles. The van der Waals surface area contributed by atoms with Crippen molar-refractivity contribution in [1.29, 1.82) is 0 Å². The topological polar surface area (TPSA) is 88.5 Å². The maximum absolute atomic E-state index is 14.2. The number of carbonyl (C=O) groups excluding carboxylic acids is 3. The Labute approximate surface area is 225 Å². The molecule has 2 aromatic rings. The number of rotatable bonds is 5. The van der Waals surface area contributed by atoms with Crippen LogP contribution in [0.1, 0.15) is 40.2 Å². The van der Waals surface area contributed by atoms with Gasteiger partial charge in [-0.25, -0.2) is 14.6 Å². The Bertz CT molecular complexity index is 1330. The predicted octanol–water partition coefficient (Wildman–Crippen LogP) is 4.78. The van der Waals surface area contributed by atoms with Crippen LogP contribution in [-0.4, -0.2) is 59.9 Å². The number of anilines is 1. The summed E-state index contributed by atoms with van der Waals surface area (Å²) in [6.07, 6.45) is 0. The average Bonchev–Trinajstić information content (AvgIpc) is 3.25. The number of halogens is 1. The lowest BCUT2D eigenvalue weighted by molar-refractivity contribution is -0.143. The number of benzene rings is 2. The fourth-order valence-corrected chi connectivity index (χ4v) is 5.36. The molecule has 0 fully saturated rings. The van der Waals surface area contributed by atoms with Gasteiger partial charge >= 0.3 is 11.9 Å². The highest BCUT2D eigenvalue weighted by molar-refractivity contribution is 9.10. The molecule has 9 heteroatoms. The number of fused-ring (bicyclic) bond motifs is 1. The van der Waals surface area contributed by atoms with Crippen LogP contribution in [0.2, 0.25) is 0 Å². The predicted molar refractivity (Wildman–Crippen MR) is 145 cm³/mol. The average molecular weight is 568 g/mol. The zero-order valence-electron chi connectivity index (χ0n) is 21.8. The van der Waals surface area contributed by atoms with Crippen LogP contribution >= 0.6 is 15.9 Å². The molecule has 194 valence electrons. The molecule has 8 nitrogen and oxygen atoms in total. The molecule has 0 radical (unpaired) electrons. The van der Waals surface area contributed by atoms with Crippen molar-refractivity contribution in [2.45, 2.75) is 45.8 Å². The van der Waals surface area contributed by atoms with E-state index in [0.29, 0.717) is 11.4 Å². The van der Waals surface area contributed by atoms with Crippen molar-refractivity contribution in [1.82, 2.24) is 4.90 Å². The van der Waals surface area contributed by atoms with Crippen LogP contribution in [0.3, 0.4) is 0 Å². The second-order valence-corrected chi connectivity index (χ2v) is 10.6. The molecule has 0 bridgehead atoms. The smallest absolute Gasteiger partial charge is 0.344 e. The van der Waals surface area contributed by atoms with Gasteiger partial charge in [0.05, 0.1) is 18.9 Å². The van der Waals surface area contributed by atoms with Gasteiger partial charge in [0, 0.05) is 28.3 Å². The van der Waals surface area contributed by atoms with Gasteiger partial charge in [0.15, 0.2) is 5.66 Å². The molecule has 1 atom stereocenters. The fraction of sp³-hybridized carbons (Fsp3) is 0.357. The maximum Gasteiger partial charge on any atom is 0.344 e. The summed E-state index contributed by atoms with van der Waals surface area (Å²) >= 11 is 3.45. The van der Waals surface area contributed by atoms with Crippen molar-refractivity contribution in [2.24, 2.45) is 4.99 Å². The first kappa shape index (κ1) is 26.6. The van der Waals surface area contributed by atoms with Crippen LogP contribution in [0.15, 0.2) is 69.1 Å². The van der Waals surface area contributed by atoms with E-state index < -0.39 is 29.0 Å². The minimum atomic E-state index is -1.56. The first-order valence-corrected chi connectivity index (χ1v) is 12.9. The number of ether oxygens (including phenoxy) is 2. The van der Waals surface area contributed by atoms with Crippen LogP contribution in [-0.2, 0) is 23.9 Å². The third kappa shape index (κ3) is 4.15. The van der Waals surface area contributed by atoms with Crippen LogP contribution in [0.5, 0.6) is 0 Å². The van der Waals surface area contributed by atoms with Gasteiger partial charge < -0.3 is 19.3 Å². The largest absolute Gasteiger partial charge is 0.462 e. The van der Waals surface area contributed by atoms with E-state index in [1.165, 1.54) is 0 Å². The third-order valence-corrected chi connectivity index (χ3v) is 6.90. The highest BCUT2D eigenvalue weighted by Crippen LogP contribution is 2.52. The second kappa shape index (κ2) is 9.78. The number of hydrogen-bond donors (Lipinski definition) is 0. The summed E-state index contributed by atoms with van der Waals surface area (Å²) in [7, 11) is 1.79. The number of likely N-dealkylation sites (N-methyl/N-ethyl adjacent to an activating group) is 1. The van der Waals surface area contributed by atoms with Crippen molar-refractivity contribution in [2.75, 3.05) is 25.2 Å². The van der Waals surface area contributed by atoms with Gasteiger partial charge in [-0.1, -0.05) is 34.1 Å². The van der Waals surface area contributed by atoms with Crippen LogP contribution in [0.25, 0.3) is 0 Å². The van der Waals surface area contributed by atoms with E-state index in [1.807, 2.05) is 74.2 Å². The number of amides is 1. The number of carbonyl (C=O) groups is 3. The molecule has 0 saturated heterocycles. The molecule has 1 spiro atoms. The Balaban J connectivity index is 2.16. The molecule has 1 unspecified atom stereocenters. The molecule has 2 heterocycles. The van der Waals surface area contributed by atoms with Crippen LogP contribution in [0, 0.1) is 0 Å². The first-order valence-electron chi connectivity index (χ1n) is 12.1. The van der Waals surface area contributed by atoms with Gasteiger partial charge in [0.25, 0.3) is 5.91 Å². The number of aliphatic imine (C=N–C) groups is 1. The second-order valence-electron chi connectivity index (χ2n) is 9.69. The lowest BCUT2D eigenvalue weighted by Gasteiger charge is -2.49. The molecular formula is C28H30BrN3O5. The fourth-order valence-electron chi connectivity index (χ4n) is 5.09. The normalized spacial score (nSPS) is 20.2. The summed E-state index contributed by atoms with van der Waals surface area (Å²) in [6.45, 7) is 9.01.